The SMILES string of the molecule is [CH2]CN1CCCc2ccccc21. The average Bonchev–Trinajstić information content (AvgIpc) is 2.17. The fourth-order valence-corrected chi connectivity index (χ4v) is 1.84. The summed E-state index contributed by atoms with van der Waals surface area (Å²) in [5.41, 5.74) is 2.87. The van der Waals surface area contributed by atoms with Crippen LogP contribution in [0.2, 0.25) is 0 Å². The van der Waals surface area contributed by atoms with Gasteiger partial charge in [0.2, 0.25) is 0 Å². The summed E-state index contributed by atoms with van der Waals surface area (Å²) in [5.74, 6) is 0. The zero-order valence-corrected chi connectivity index (χ0v) is 7.29. The van der Waals surface area contributed by atoms with Gasteiger partial charge in [-0.3, -0.25) is 0 Å². The van der Waals surface area contributed by atoms with Crippen LogP contribution in [0.5, 0.6) is 0 Å². The van der Waals surface area contributed by atoms with E-state index < -0.39 is 0 Å². The van der Waals surface area contributed by atoms with Crippen LogP contribution in [0.4, 0.5) is 5.69 Å². The molecule has 0 saturated heterocycles. The molecule has 0 atom stereocenters. The molecule has 0 aromatic heterocycles. The number of rotatable bonds is 1. The Morgan fingerprint density at radius 2 is 2.17 bits per heavy atom. The van der Waals surface area contributed by atoms with Crippen LogP contribution in [0.25, 0.3) is 0 Å². The lowest BCUT2D eigenvalue weighted by atomic mass is 10.0. The number of fused-ring (bicyclic) bond motifs is 1. The molecule has 1 aromatic rings. The Morgan fingerprint density at radius 1 is 1.33 bits per heavy atom. The van der Waals surface area contributed by atoms with Crippen molar-refractivity contribution in [1.29, 1.82) is 0 Å². The van der Waals surface area contributed by atoms with Gasteiger partial charge < -0.3 is 4.90 Å². The van der Waals surface area contributed by atoms with Gasteiger partial charge in [0, 0.05) is 18.8 Å². The van der Waals surface area contributed by atoms with Gasteiger partial charge in [-0.15, -0.1) is 0 Å². The topological polar surface area (TPSA) is 3.24 Å². The van der Waals surface area contributed by atoms with Gasteiger partial charge in [-0.2, -0.15) is 0 Å². The molecule has 1 radical (unpaired) electrons. The van der Waals surface area contributed by atoms with Gasteiger partial charge in [0.1, 0.15) is 0 Å². The first kappa shape index (κ1) is 7.66. The van der Waals surface area contributed by atoms with E-state index in [1.807, 2.05) is 0 Å². The van der Waals surface area contributed by atoms with Crippen molar-refractivity contribution in [2.24, 2.45) is 0 Å². The predicted octanol–water partition coefficient (Wildman–Crippen LogP) is 2.27. The molecule has 1 heterocycles. The second-order valence-corrected chi connectivity index (χ2v) is 3.22. The summed E-state index contributed by atoms with van der Waals surface area (Å²) in [6, 6.07) is 8.63. The fraction of sp³-hybridized carbons (Fsp3) is 0.364. The van der Waals surface area contributed by atoms with Crippen LogP contribution in [0.3, 0.4) is 0 Å². The smallest absolute Gasteiger partial charge is 0.0398 e. The molecular weight excluding hydrogens is 146 g/mol. The fourth-order valence-electron chi connectivity index (χ4n) is 1.84. The molecular formula is C11H14N. The molecule has 0 N–H and O–H groups in total. The second-order valence-electron chi connectivity index (χ2n) is 3.22. The zero-order valence-electron chi connectivity index (χ0n) is 7.29. The van der Waals surface area contributed by atoms with Crippen molar-refractivity contribution < 1.29 is 0 Å². The molecule has 0 fully saturated rings. The molecule has 0 aliphatic carbocycles. The summed E-state index contributed by atoms with van der Waals surface area (Å²) in [4.78, 5) is 2.35. The molecule has 0 amide bonds. The number of benzene rings is 1. The molecule has 63 valence electrons. The second kappa shape index (κ2) is 3.18. The highest BCUT2D eigenvalue weighted by Gasteiger charge is 2.13. The van der Waals surface area contributed by atoms with E-state index in [0.717, 1.165) is 6.54 Å². The standard InChI is InChI=1S/C11H14N/c1-2-12-9-5-7-10-6-3-4-8-11(10)12/h3-4,6,8H,1-2,5,7,9H2. The maximum absolute atomic E-state index is 3.93. The summed E-state index contributed by atoms with van der Waals surface area (Å²) in [5, 5.41) is 0. The first-order chi connectivity index (χ1) is 5.92. The third-order valence-corrected chi connectivity index (χ3v) is 2.48. The Bertz CT molecular complexity index is 267. The number of hydrogen-bond acceptors (Lipinski definition) is 1. The molecule has 2 rings (SSSR count). The Morgan fingerprint density at radius 3 is 3.00 bits per heavy atom. The first-order valence-electron chi connectivity index (χ1n) is 4.54. The average molecular weight is 160 g/mol. The molecule has 1 aliphatic rings. The van der Waals surface area contributed by atoms with E-state index in [1.54, 1.807) is 0 Å². The van der Waals surface area contributed by atoms with E-state index in [1.165, 1.54) is 30.6 Å². The molecule has 1 nitrogen and oxygen atoms in total. The van der Waals surface area contributed by atoms with Gasteiger partial charge in [0.15, 0.2) is 0 Å². The van der Waals surface area contributed by atoms with E-state index in [2.05, 4.69) is 36.1 Å². The van der Waals surface area contributed by atoms with Crippen LogP contribution in [0.15, 0.2) is 24.3 Å². The largest absolute Gasteiger partial charge is 0.371 e. The van der Waals surface area contributed by atoms with Crippen molar-refractivity contribution in [2.75, 3.05) is 18.0 Å². The normalized spacial score (nSPS) is 15.9. The summed E-state index contributed by atoms with van der Waals surface area (Å²) in [6.45, 7) is 5.99. The van der Waals surface area contributed by atoms with Gasteiger partial charge in [0.05, 0.1) is 0 Å². The molecule has 1 aliphatic heterocycles. The van der Waals surface area contributed by atoms with Crippen molar-refractivity contribution in [3.05, 3.63) is 36.8 Å². The van der Waals surface area contributed by atoms with E-state index in [4.69, 9.17) is 0 Å². The summed E-state index contributed by atoms with van der Waals surface area (Å²) in [6.07, 6.45) is 2.50. The van der Waals surface area contributed by atoms with Crippen molar-refractivity contribution >= 4 is 5.69 Å². The van der Waals surface area contributed by atoms with Gasteiger partial charge in [-0.25, -0.2) is 0 Å². The quantitative estimate of drug-likeness (QED) is 0.609. The van der Waals surface area contributed by atoms with E-state index >= 15 is 0 Å². The monoisotopic (exact) mass is 160 g/mol. The Balaban J connectivity index is 2.37. The molecule has 12 heavy (non-hydrogen) atoms. The van der Waals surface area contributed by atoms with Crippen LogP contribution in [-0.4, -0.2) is 13.1 Å². The minimum Gasteiger partial charge on any atom is -0.371 e. The number of hydrogen-bond donors (Lipinski definition) is 0. The first-order valence-corrected chi connectivity index (χ1v) is 4.54. The molecule has 0 saturated carbocycles. The summed E-state index contributed by atoms with van der Waals surface area (Å²) < 4.78 is 0. The Hall–Kier alpha value is -0.980. The zero-order chi connectivity index (χ0) is 8.39. The highest BCUT2D eigenvalue weighted by molar-refractivity contribution is 5.55. The van der Waals surface area contributed by atoms with Crippen LogP contribution in [-0.2, 0) is 6.42 Å². The third kappa shape index (κ3) is 1.20. The van der Waals surface area contributed by atoms with Gasteiger partial charge >= 0.3 is 0 Å². The van der Waals surface area contributed by atoms with Crippen LogP contribution in [0.1, 0.15) is 12.0 Å². The van der Waals surface area contributed by atoms with Crippen LogP contribution in [0, 0.1) is 6.92 Å². The van der Waals surface area contributed by atoms with Crippen LogP contribution < -0.4 is 4.90 Å². The molecule has 0 bridgehead atoms. The summed E-state index contributed by atoms with van der Waals surface area (Å²) in [7, 11) is 0. The van der Waals surface area contributed by atoms with Crippen molar-refractivity contribution in [3.8, 4) is 0 Å². The lowest BCUT2D eigenvalue weighted by Gasteiger charge is -2.29. The highest BCUT2D eigenvalue weighted by Crippen LogP contribution is 2.25. The lowest BCUT2D eigenvalue weighted by Crippen LogP contribution is -2.28. The summed E-state index contributed by atoms with van der Waals surface area (Å²) >= 11 is 0. The van der Waals surface area contributed by atoms with Crippen molar-refractivity contribution in [2.45, 2.75) is 12.8 Å². The number of anilines is 1. The lowest BCUT2D eigenvalue weighted by molar-refractivity contribution is 0.721. The Labute approximate surface area is 74.0 Å². The Kier molecular flexibility index (Phi) is 2.03. The number of aryl methyl sites for hydroxylation is 1. The molecule has 1 aromatic carbocycles. The number of para-hydroxylation sites is 1. The third-order valence-electron chi connectivity index (χ3n) is 2.48. The molecule has 1 heteroatoms. The maximum Gasteiger partial charge on any atom is 0.0398 e. The van der Waals surface area contributed by atoms with Gasteiger partial charge in [0.25, 0.3) is 0 Å². The van der Waals surface area contributed by atoms with E-state index in [0.29, 0.717) is 0 Å². The van der Waals surface area contributed by atoms with Gasteiger partial charge in [-0.1, -0.05) is 18.2 Å². The number of nitrogens with zero attached hydrogens (tertiary/aromatic N) is 1. The van der Waals surface area contributed by atoms with E-state index in [-0.39, 0.29) is 0 Å². The van der Waals surface area contributed by atoms with E-state index in [9.17, 15) is 0 Å². The van der Waals surface area contributed by atoms with Crippen LogP contribution >= 0.6 is 0 Å². The van der Waals surface area contributed by atoms with Gasteiger partial charge in [-0.05, 0) is 31.4 Å². The molecule has 0 unspecified atom stereocenters. The maximum atomic E-state index is 3.93. The minimum absolute atomic E-state index is 0.886. The van der Waals surface area contributed by atoms with Crippen molar-refractivity contribution in [3.63, 3.8) is 0 Å². The van der Waals surface area contributed by atoms with Crippen molar-refractivity contribution in [1.82, 2.24) is 0 Å². The molecule has 0 spiro atoms. The minimum atomic E-state index is 0.886. The predicted molar refractivity (Wildman–Crippen MR) is 52.3 cm³/mol. The highest BCUT2D eigenvalue weighted by atomic mass is 15.1.